The average Bonchev–Trinajstić information content (AvgIpc) is 2.37. The highest BCUT2D eigenvalue weighted by Crippen LogP contribution is 2.21. The van der Waals surface area contributed by atoms with Crippen LogP contribution >= 0.6 is 15.9 Å². The fourth-order valence-electron chi connectivity index (χ4n) is 1.67. The zero-order valence-corrected chi connectivity index (χ0v) is 11.2. The molecule has 0 saturated heterocycles. The molecule has 1 nitrogen and oxygen atoms in total. The largest absolute Gasteiger partial charge is 0.294 e. The van der Waals surface area contributed by atoms with Crippen LogP contribution in [0.5, 0.6) is 0 Å². The summed E-state index contributed by atoms with van der Waals surface area (Å²) < 4.78 is 40.3. The Hall–Kier alpha value is -1.62. The van der Waals surface area contributed by atoms with Gasteiger partial charge in [0.25, 0.3) is 0 Å². The SMILES string of the molecule is O=C(Cc1c(F)cccc1F)c1cc(F)ccc1Br. The summed E-state index contributed by atoms with van der Waals surface area (Å²) in [4.78, 5) is 12.0. The predicted octanol–water partition coefficient (Wildman–Crippen LogP) is 4.29. The number of hydrogen-bond donors (Lipinski definition) is 0. The molecule has 19 heavy (non-hydrogen) atoms. The molecule has 0 aliphatic carbocycles. The lowest BCUT2D eigenvalue weighted by molar-refractivity contribution is 0.0989. The summed E-state index contributed by atoms with van der Waals surface area (Å²) in [5.74, 6) is -2.72. The number of hydrogen-bond acceptors (Lipinski definition) is 1. The lowest BCUT2D eigenvalue weighted by atomic mass is 10.0. The molecule has 0 spiro atoms. The molecule has 2 aromatic rings. The first-order chi connectivity index (χ1) is 8.99. The molecule has 98 valence electrons. The van der Waals surface area contributed by atoms with Gasteiger partial charge in [-0.2, -0.15) is 0 Å². The normalized spacial score (nSPS) is 10.5. The van der Waals surface area contributed by atoms with Crippen molar-refractivity contribution in [2.45, 2.75) is 6.42 Å². The minimum Gasteiger partial charge on any atom is -0.294 e. The summed E-state index contributed by atoms with van der Waals surface area (Å²) in [7, 11) is 0. The van der Waals surface area contributed by atoms with Gasteiger partial charge in [-0.05, 0) is 30.3 Å². The van der Waals surface area contributed by atoms with Crippen LogP contribution in [0.2, 0.25) is 0 Å². The maximum atomic E-state index is 13.4. The van der Waals surface area contributed by atoms with E-state index >= 15 is 0 Å². The van der Waals surface area contributed by atoms with Crippen molar-refractivity contribution < 1.29 is 18.0 Å². The zero-order valence-electron chi connectivity index (χ0n) is 9.59. The van der Waals surface area contributed by atoms with E-state index in [4.69, 9.17) is 0 Å². The Morgan fingerprint density at radius 3 is 2.32 bits per heavy atom. The number of halogens is 4. The van der Waals surface area contributed by atoms with Crippen LogP contribution in [0, 0.1) is 17.5 Å². The molecule has 0 saturated carbocycles. The Kier molecular flexibility index (Phi) is 4.04. The minimum atomic E-state index is -0.791. The highest BCUT2D eigenvalue weighted by Gasteiger charge is 2.17. The number of carbonyl (C=O) groups excluding carboxylic acids is 1. The van der Waals surface area contributed by atoms with Gasteiger partial charge in [0.15, 0.2) is 5.78 Å². The molecule has 2 aromatic carbocycles. The molecule has 0 amide bonds. The van der Waals surface area contributed by atoms with E-state index in [1.165, 1.54) is 18.2 Å². The highest BCUT2D eigenvalue weighted by atomic mass is 79.9. The molecule has 0 radical (unpaired) electrons. The Morgan fingerprint density at radius 2 is 1.68 bits per heavy atom. The van der Waals surface area contributed by atoms with Crippen LogP contribution in [-0.2, 0) is 6.42 Å². The van der Waals surface area contributed by atoms with E-state index in [-0.39, 0.29) is 11.1 Å². The smallest absolute Gasteiger partial charge is 0.168 e. The van der Waals surface area contributed by atoms with Crippen molar-refractivity contribution in [3.05, 3.63) is 69.4 Å². The van der Waals surface area contributed by atoms with Gasteiger partial charge in [0, 0.05) is 22.0 Å². The summed E-state index contributed by atoms with van der Waals surface area (Å²) in [5, 5.41) is 0. The maximum Gasteiger partial charge on any atom is 0.168 e. The van der Waals surface area contributed by atoms with Crippen LogP contribution in [0.15, 0.2) is 40.9 Å². The topological polar surface area (TPSA) is 17.1 Å². The van der Waals surface area contributed by atoms with Gasteiger partial charge in [0.2, 0.25) is 0 Å². The minimum absolute atomic E-state index is 0.0580. The third kappa shape index (κ3) is 3.04. The van der Waals surface area contributed by atoms with E-state index < -0.39 is 29.7 Å². The predicted molar refractivity (Wildman–Crippen MR) is 68.5 cm³/mol. The van der Waals surface area contributed by atoms with E-state index in [0.29, 0.717) is 4.47 Å². The van der Waals surface area contributed by atoms with E-state index in [2.05, 4.69) is 15.9 Å². The Bertz CT molecular complexity index is 620. The molecule has 0 aromatic heterocycles. The maximum absolute atomic E-state index is 13.4. The molecule has 0 bridgehead atoms. The molecule has 0 aliphatic heterocycles. The molecular formula is C14H8BrF3O. The first-order valence-electron chi connectivity index (χ1n) is 5.40. The van der Waals surface area contributed by atoms with Crippen LogP contribution in [-0.4, -0.2) is 5.78 Å². The van der Waals surface area contributed by atoms with E-state index in [1.54, 1.807) is 0 Å². The lowest BCUT2D eigenvalue weighted by Crippen LogP contribution is -2.08. The van der Waals surface area contributed by atoms with Crippen LogP contribution in [0.25, 0.3) is 0 Å². The number of carbonyl (C=O) groups is 1. The first-order valence-corrected chi connectivity index (χ1v) is 6.19. The zero-order chi connectivity index (χ0) is 14.0. The second-order valence-corrected chi connectivity index (χ2v) is 4.78. The van der Waals surface area contributed by atoms with Crippen molar-refractivity contribution in [1.29, 1.82) is 0 Å². The van der Waals surface area contributed by atoms with Gasteiger partial charge in [0.1, 0.15) is 17.5 Å². The standard InChI is InChI=1S/C14H8BrF3O/c15-11-5-4-8(16)6-9(11)14(19)7-10-12(17)2-1-3-13(10)18/h1-6H,7H2. The number of Topliss-reactive ketones (excluding diaryl/α,β-unsaturated/α-hetero) is 1. The fraction of sp³-hybridized carbons (Fsp3) is 0.0714. The summed E-state index contributed by atoms with van der Waals surface area (Å²) >= 11 is 3.11. The molecule has 0 unspecified atom stereocenters. The molecule has 0 heterocycles. The molecule has 0 atom stereocenters. The van der Waals surface area contributed by atoms with Crippen molar-refractivity contribution in [2.75, 3.05) is 0 Å². The quantitative estimate of drug-likeness (QED) is 0.768. The second-order valence-electron chi connectivity index (χ2n) is 3.92. The number of benzene rings is 2. The summed E-state index contributed by atoms with van der Waals surface area (Å²) in [5.41, 5.74) is -0.258. The summed E-state index contributed by atoms with van der Waals surface area (Å²) in [6.07, 6.45) is -0.458. The van der Waals surface area contributed by atoms with E-state index in [0.717, 1.165) is 18.2 Å². The van der Waals surface area contributed by atoms with E-state index in [1.807, 2.05) is 0 Å². The monoisotopic (exact) mass is 328 g/mol. The Labute approximate surface area is 116 Å². The molecule has 2 rings (SSSR count). The summed E-state index contributed by atoms with van der Waals surface area (Å²) in [6.45, 7) is 0. The molecule has 5 heteroatoms. The van der Waals surface area contributed by atoms with Crippen molar-refractivity contribution >= 4 is 21.7 Å². The molecule has 0 fully saturated rings. The molecule has 0 aliphatic rings. The highest BCUT2D eigenvalue weighted by molar-refractivity contribution is 9.10. The van der Waals surface area contributed by atoms with Crippen molar-refractivity contribution in [1.82, 2.24) is 0 Å². The van der Waals surface area contributed by atoms with E-state index in [9.17, 15) is 18.0 Å². The fourth-order valence-corrected chi connectivity index (χ4v) is 2.14. The van der Waals surface area contributed by atoms with Gasteiger partial charge >= 0.3 is 0 Å². The third-order valence-electron chi connectivity index (χ3n) is 2.63. The molecular weight excluding hydrogens is 321 g/mol. The van der Waals surface area contributed by atoms with Crippen LogP contribution < -0.4 is 0 Å². The van der Waals surface area contributed by atoms with Gasteiger partial charge in [0.05, 0.1) is 0 Å². The van der Waals surface area contributed by atoms with Crippen LogP contribution in [0.1, 0.15) is 15.9 Å². The third-order valence-corrected chi connectivity index (χ3v) is 3.32. The van der Waals surface area contributed by atoms with Gasteiger partial charge in [-0.25, -0.2) is 13.2 Å². The van der Waals surface area contributed by atoms with Gasteiger partial charge < -0.3 is 0 Å². The van der Waals surface area contributed by atoms with Crippen LogP contribution in [0.4, 0.5) is 13.2 Å². The number of rotatable bonds is 3. The lowest BCUT2D eigenvalue weighted by Gasteiger charge is -2.06. The van der Waals surface area contributed by atoms with Crippen molar-refractivity contribution in [3.63, 3.8) is 0 Å². The summed E-state index contributed by atoms with van der Waals surface area (Å²) in [6, 6.07) is 6.96. The Balaban J connectivity index is 2.34. The molecule has 0 N–H and O–H groups in total. The van der Waals surface area contributed by atoms with Crippen LogP contribution in [0.3, 0.4) is 0 Å². The van der Waals surface area contributed by atoms with Gasteiger partial charge in [-0.3, -0.25) is 4.79 Å². The number of ketones is 1. The second kappa shape index (κ2) is 5.57. The average molecular weight is 329 g/mol. The van der Waals surface area contributed by atoms with Gasteiger partial charge in [-0.15, -0.1) is 0 Å². The first kappa shape index (κ1) is 13.8. The Morgan fingerprint density at radius 1 is 1.05 bits per heavy atom. The van der Waals surface area contributed by atoms with Crippen molar-refractivity contribution in [2.24, 2.45) is 0 Å². The van der Waals surface area contributed by atoms with Crippen molar-refractivity contribution in [3.8, 4) is 0 Å². The van der Waals surface area contributed by atoms with Gasteiger partial charge in [-0.1, -0.05) is 22.0 Å².